The van der Waals surface area contributed by atoms with E-state index in [0.717, 1.165) is 60.0 Å². The number of ether oxygens (including phenoxy) is 1. The molecule has 1 aliphatic carbocycles. The largest absolute Gasteiger partial charge is 0.491 e. The number of pyridine rings is 1. The fourth-order valence-electron chi connectivity index (χ4n) is 6.09. The minimum atomic E-state index is -5.10. The lowest BCUT2D eigenvalue weighted by molar-refractivity contribution is -0.189. The first kappa shape index (κ1) is 37.0. The molecule has 5 rings (SSSR count). The molecule has 51 heavy (non-hydrogen) atoms. The van der Waals surface area contributed by atoms with Crippen LogP contribution in [0.5, 0.6) is 5.75 Å². The highest BCUT2D eigenvalue weighted by atomic mass is 19.4. The maximum Gasteiger partial charge on any atom is 0.491 e. The molecular formula is C40H41F3N4O4. The average molecular weight is 699 g/mol. The van der Waals surface area contributed by atoms with Crippen molar-refractivity contribution in [2.75, 3.05) is 19.6 Å². The zero-order chi connectivity index (χ0) is 36.2. The number of nitrogens with one attached hydrogen (secondary N) is 1. The molecule has 3 aromatic carbocycles. The molecule has 0 saturated heterocycles. The van der Waals surface area contributed by atoms with Crippen molar-refractivity contribution in [2.45, 2.75) is 44.8 Å². The Morgan fingerprint density at radius 3 is 2.27 bits per heavy atom. The molecule has 11 heteroatoms. The maximum atomic E-state index is 13.5. The van der Waals surface area contributed by atoms with Crippen LogP contribution >= 0.6 is 0 Å². The number of amides is 2. The van der Waals surface area contributed by atoms with Crippen molar-refractivity contribution in [3.8, 4) is 16.9 Å². The molecule has 1 aromatic heterocycles. The zero-order valence-corrected chi connectivity index (χ0v) is 28.1. The third kappa shape index (κ3) is 11.1. The summed E-state index contributed by atoms with van der Waals surface area (Å²) in [6.45, 7) is 1.94. The molecule has 0 aliphatic heterocycles. The topological polar surface area (TPSA) is 115 Å². The molecule has 8 nitrogen and oxygen atoms in total. The number of alkyl halides is 3. The van der Waals surface area contributed by atoms with Gasteiger partial charge in [0.25, 0.3) is 5.91 Å². The van der Waals surface area contributed by atoms with Gasteiger partial charge in [0.2, 0.25) is 5.91 Å². The fraction of sp³-hybridized carbons (Fsp3) is 0.300. The molecule has 266 valence electrons. The van der Waals surface area contributed by atoms with Gasteiger partial charge in [-0.1, -0.05) is 48.5 Å². The predicted octanol–water partition coefficient (Wildman–Crippen LogP) is 7.00. The first-order valence-electron chi connectivity index (χ1n) is 17.0. The van der Waals surface area contributed by atoms with Gasteiger partial charge >= 0.3 is 12.1 Å². The summed E-state index contributed by atoms with van der Waals surface area (Å²) in [5, 5.41) is 3.11. The van der Waals surface area contributed by atoms with E-state index in [1.807, 2.05) is 48.5 Å². The molecule has 0 radical (unpaired) electrons. The minimum absolute atomic E-state index is 0.113. The Kier molecular flexibility index (Phi) is 12.7. The Hall–Kier alpha value is -5.29. The summed E-state index contributed by atoms with van der Waals surface area (Å²) in [5.74, 6) is -1.82. The Labute approximate surface area is 295 Å². The Morgan fingerprint density at radius 2 is 1.59 bits per heavy atom. The van der Waals surface area contributed by atoms with E-state index in [1.54, 1.807) is 47.6 Å². The number of nitrogens with zero attached hydrogens (tertiary/aromatic N) is 2. The average Bonchev–Trinajstić information content (AvgIpc) is 3.15. The first-order valence-corrected chi connectivity index (χ1v) is 17.0. The standard InChI is InChI=1S/C40H41F3N4O4/c41-40(42,43)39(50)51-36-16-13-28(14-17-36)19-21-47(37(48)18-15-30-5-3-20-45-25-30)27-32-4-1-6-33(22-32)34-7-2-8-35(23-34)38(49)46-26-31-11-9-29(24-44)10-12-31/h1-8,13-18,20,22-23,25,29,31H,9-12,19,21,24,26-27,44H2,(H,46,49). The summed E-state index contributed by atoms with van der Waals surface area (Å²) in [6.07, 6.45) is 6.10. The minimum Gasteiger partial charge on any atom is -0.420 e. The van der Waals surface area contributed by atoms with Gasteiger partial charge in [-0.15, -0.1) is 0 Å². The molecule has 0 spiro atoms. The molecule has 3 N–H and O–H groups in total. The number of rotatable bonds is 13. The van der Waals surface area contributed by atoms with Crippen LogP contribution in [-0.2, 0) is 22.6 Å². The van der Waals surface area contributed by atoms with Crippen molar-refractivity contribution in [1.82, 2.24) is 15.2 Å². The summed E-state index contributed by atoms with van der Waals surface area (Å²) in [6, 6.07) is 24.6. The molecular weight excluding hydrogens is 657 g/mol. The van der Waals surface area contributed by atoms with E-state index >= 15 is 0 Å². The molecule has 2 amide bonds. The molecule has 0 unspecified atom stereocenters. The van der Waals surface area contributed by atoms with Crippen LogP contribution in [0.4, 0.5) is 13.2 Å². The Bertz CT molecular complexity index is 1800. The van der Waals surface area contributed by atoms with Crippen LogP contribution in [0, 0.1) is 11.8 Å². The van der Waals surface area contributed by atoms with Crippen LogP contribution in [-0.4, -0.2) is 53.5 Å². The summed E-state index contributed by atoms with van der Waals surface area (Å²) in [4.78, 5) is 43.5. The third-order valence-electron chi connectivity index (χ3n) is 9.06. The van der Waals surface area contributed by atoms with Gasteiger partial charge in [0.1, 0.15) is 5.75 Å². The van der Waals surface area contributed by atoms with Crippen LogP contribution < -0.4 is 15.8 Å². The number of benzene rings is 3. The normalized spacial score (nSPS) is 16.1. The summed E-state index contributed by atoms with van der Waals surface area (Å²) in [7, 11) is 0. The number of carbonyl (C=O) groups excluding carboxylic acids is 3. The van der Waals surface area contributed by atoms with Crippen molar-refractivity contribution >= 4 is 23.9 Å². The van der Waals surface area contributed by atoms with Gasteiger partial charge in [0, 0.05) is 43.7 Å². The number of esters is 1. The van der Waals surface area contributed by atoms with Crippen molar-refractivity contribution in [3.05, 3.63) is 126 Å². The van der Waals surface area contributed by atoms with Gasteiger partial charge in [-0.25, -0.2) is 4.79 Å². The van der Waals surface area contributed by atoms with E-state index in [-0.39, 0.29) is 24.1 Å². The van der Waals surface area contributed by atoms with Crippen molar-refractivity contribution in [2.24, 2.45) is 17.6 Å². The lowest BCUT2D eigenvalue weighted by atomic mass is 9.82. The van der Waals surface area contributed by atoms with Crippen molar-refractivity contribution < 1.29 is 32.3 Å². The third-order valence-corrected chi connectivity index (χ3v) is 9.06. The Balaban J connectivity index is 1.26. The van der Waals surface area contributed by atoms with Crippen LogP contribution in [0.1, 0.15) is 52.7 Å². The van der Waals surface area contributed by atoms with Gasteiger partial charge in [-0.05, 0) is 121 Å². The summed E-state index contributed by atoms with van der Waals surface area (Å²) in [5.41, 5.74) is 10.5. The van der Waals surface area contributed by atoms with Gasteiger partial charge in [0.15, 0.2) is 0 Å². The number of aromatic nitrogens is 1. The van der Waals surface area contributed by atoms with Gasteiger partial charge in [0.05, 0.1) is 0 Å². The highest BCUT2D eigenvalue weighted by Gasteiger charge is 2.41. The van der Waals surface area contributed by atoms with E-state index in [0.29, 0.717) is 36.9 Å². The van der Waals surface area contributed by atoms with Crippen LogP contribution in [0.25, 0.3) is 17.2 Å². The maximum absolute atomic E-state index is 13.5. The first-order chi connectivity index (χ1) is 24.6. The second-order valence-electron chi connectivity index (χ2n) is 12.8. The molecule has 1 fully saturated rings. The van der Waals surface area contributed by atoms with Crippen molar-refractivity contribution in [3.63, 3.8) is 0 Å². The smallest absolute Gasteiger partial charge is 0.420 e. The zero-order valence-electron chi connectivity index (χ0n) is 28.1. The van der Waals surface area contributed by atoms with E-state index in [9.17, 15) is 27.6 Å². The lowest BCUT2D eigenvalue weighted by Crippen LogP contribution is -2.32. The quantitative estimate of drug-likeness (QED) is 0.0884. The predicted molar refractivity (Wildman–Crippen MR) is 189 cm³/mol. The van der Waals surface area contributed by atoms with Gasteiger partial charge in [-0.2, -0.15) is 13.2 Å². The fourth-order valence-corrected chi connectivity index (χ4v) is 6.09. The van der Waals surface area contributed by atoms with Crippen LogP contribution in [0.3, 0.4) is 0 Å². The van der Waals surface area contributed by atoms with E-state index in [1.165, 1.54) is 18.2 Å². The van der Waals surface area contributed by atoms with E-state index in [4.69, 9.17) is 5.73 Å². The number of carbonyl (C=O) groups is 3. The second-order valence-corrected chi connectivity index (χ2v) is 12.8. The van der Waals surface area contributed by atoms with Crippen LogP contribution in [0.15, 0.2) is 103 Å². The molecule has 1 saturated carbocycles. The lowest BCUT2D eigenvalue weighted by Gasteiger charge is -2.27. The highest BCUT2D eigenvalue weighted by Crippen LogP contribution is 2.28. The van der Waals surface area contributed by atoms with Crippen LogP contribution in [0.2, 0.25) is 0 Å². The van der Waals surface area contributed by atoms with Gasteiger partial charge < -0.3 is 20.7 Å². The highest BCUT2D eigenvalue weighted by molar-refractivity contribution is 5.95. The summed E-state index contributed by atoms with van der Waals surface area (Å²) >= 11 is 0. The second kappa shape index (κ2) is 17.6. The van der Waals surface area contributed by atoms with E-state index < -0.39 is 12.1 Å². The summed E-state index contributed by atoms with van der Waals surface area (Å²) < 4.78 is 42.2. The van der Waals surface area contributed by atoms with Gasteiger partial charge in [-0.3, -0.25) is 14.6 Å². The number of nitrogens with two attached hydrogens (primary N) is 1. The monoisotopic (exact) mass is 698 g/mol. The molecule has 0 atom stereocenters. The SMILES string of the molecule is NCC1CCC(CNC(=O)c2cccc(-c3cccc(CN(CCc4ccc(OC(=O)C(F)(F)F)cc4)C(=O)C=Cc4cccnc4)c3)c2)CC1. The number of halogens is 3. The van der Waals surface area contributed by atoms with E-state index in [2.05, 4.69) is 15.0 Å². The number of hydrogen-bond donors (Lipinski definition) is 2. The molecule has 4 aromatic rings. The molecule has 0 bridgehead atoms. The Morgan fingerprint density at radius 1 is 0.882 bits per heavy atom. The van der Waals surface area contributed by atoms with Crippen molar-refractivity contribution in [1.29, 1.82) is 0 Å². The molecule has 1 heterocycles. The number of hydrogen-bond acceptors (Lipinski definition) is 6. The molecule has 1 aliphatic rings.